The number of piperidine rings is 1. The molecular weight excluding hydrogens is 240 g/mol. The smallest absolute Gasteiger partial charge is 0.339 e. The second-order valence-electron chi connectivity index (χ2n) is 4.93. The van der Waals surface area contributed by atoms with E-state index in [4.69, 9.17) is 10.5 Å². The largest absolute Gasteiger partial charge is 0.465 e. The van der Waals surface area contributed by atoms with Gasteiger partial charge in [0.1, 0.15) is 0 Å². The van der Waals surface area contributed by atoms with Crippen molar-refractivity contribution in [2.24, 2.45) is 5.73 Å². The summed E-state index contributed by atoms with van der Waals surface area (Å²) in [5.74, 6) is -0.271. The first-order valence-corrected chi connectivity index (χ1v) is 6.92. The molecule has 1 aliphatic rings. The van der Waals surface area contributed by atoms with Gasteiger partial charge in [0.05, 0.1) is 18.4 Å². The number of anilines is 1. The van der Waals surface area contributed by atoms with Gasteiger partial charge in [-0.05, 0) is 44.4 Å². The molecule has 0 aromatic heterocycles. The molecule has 1 aromatic rings. The minimum Gasteiger partial charge on any atom is -0.465 e. The number of carbonyl (C=O) groups is 1. The van der Waals surface area contributed by atoms with Crippen molar-refractivity contribution in [2.75, 3.05) is 25.1 Å². The molecule has 1 unspecified atom stereocenters. The molecule has 0 radical (unpaired) electrons. The van der Waals surface area contributed by atoms with E-state index >= 15 is 0 Å². The molecule has 0 saturated carbocycles. The van der Waals surface area contributed by atoms with Crippen molar-refractivity contribution >= 4 is 11.7 Å². The number of hydrogen-bond donors (Lipinski definition) is 1. The molecule has 0 amide bonds. The molecule has 19 heavy (non-hydrogen) atoms. The van der Waals surface area contributed by atoms with Crippen LogP contribution in [-0.4, -0.2) is 32.2 Å². The predicted molar refractivity (Wildman–Crippen MR) is 76.4 cm³/mol. The summed E-state index contributed by atoms with van der Waals surface area (Å²) < 4.78 is 4.87. The molecular formula is C15H22N2O2. The molecule has 104 valence electrons. The van der Waals surface area contributed by atoms with Crippen LogP contribution in [0.1, 0.15) is 36.0 Å². The Labute approximate surface area is 114 Å². The SMILES string of the molecule is COC(=O)c1ccccc1N1CCCCC1CCN. The summed E-state index contributed by atoms with van der Waals surface area (Å²) in [6, 6.07) is 8.11. The maximum atomic E-state index is 11.9. The third kappa shape index (κ3) is 3.07. The highest BCUT2D eigenvalue weighted by Crippen LogP contribution is 2.29. The molecule has 0 spiro atoms. The number of para-hydroxylation sites is 1. The van der Waals surface area contributed by atoms with Gasteiger partial charge < -0.3 is 15.4 Å². The fraction of sp³-hybridized carbons (Fsp3) is 0.533. The maximum Gasteiger partial charge on any atom is 0.339 e. The van der Waals surface area contributed by atoms with Crippen LogP contribution < -0.4 is 10.6 Å². The van der Waals surface area contributed by atoms with Crippen molar-refractivity contribution < 1.29 is 9.53 Å². The molecule has 4 heteroatoms. The van der Waals surface area contributed by atoms with Crippen molar-refractivity contribution in [3.8, 4) is 0 Å². The number of nitrogens with zero attached hydrogens (tertiary/aromatic N) is 1. The number of nitrogens with two attached hydrogens (primary N) is 1. The second kappa shape index (κ2) is 6.57. The van der Waals surface area contributed by atoms with Crippen LogP contribution in [0.2, 0.25) is 0 Å². The zero-order valence-corrected chi connectivity index (χ0v) is 11.5. The topological polar surface area (TPSA) is 55.6 Å². The van der Waals surface area contributed by atoms with E-state index in [9.17, 15) is 4.79 Å². The number of methoxy groups -OCH3 is 1. The Morgan fingerprint density at radius 3 is 2.95 bits per heavy atom. The van der Waals surface area contributed by atoms with Crippen LogP contribution in [0.25, 0.3) is 0 Å². The van der Waals surface area contributed by atoms with Crippen LogP contribution in [0.3, 0.4) is 0 Å². The summed E-state index contributed by atoms with van der Waals surface area (Å²) in [6.45, 7) is 1.67. The molecule has 0 aliphatic carbocycles. The number of hydrogen-bond acceptors (Lipinski definition) is 4. The van der Waals surface area contributed by atoms with Gasteiger partial charge in [0.25, 0.3) is 0 Å². The van der Waals surface area contributed by atoms with Gasteiger partial charge in [0.15, 0.2) is 0 Å². The number of esters is 1. The lowest BCUT2D eigenvalue weighted by molar-refractivity contribution is 0.0601. The summed E-state index contributed by atoms with van der Waals surface area (Å²) >= 11 is 0. The van der Waals surface area contributed by atoms with Crippen LogP contribution >= 0.6 is 0 Å². The molecule has 2 N–H and O–H groups in total. The van der Waals surface area contributed by atoms with Crippen LogP contribution in [0, 0.1) is 0 Å². The van der Waals surface area contributed by atoms with Gasteiger partial charge in [-0.3, -0.25) is 0 Å². The summed E-state index contributed by atoms with van der Waals surface area (Å²) in [7, 11) is 1.42. The van der Waals surface area contributed by atoms with Gasteiger partial charge in [0.2, 0.25) is 0 Å². The van der Waals surface area contributed by atoms with Crippen LogP contribution in [0.15, 0.2) is 24.3 Å². The fourth-order valence-electron chi connectivity index (χ4n) is 2.82. The molecule has 1 saturated heterocycles. The van der Waals surface area contributed by atoms with E-state index < -0.39 is 0 Å². The maximum absolute atomic E-state index is 11.9. The Morgan fingerprint density at radius 2 is 2.21 bits per heavy atom. The van der Waals surface area contributed by atoms with Crippen molar-refractivity contribution in [3.63, 3.8) is 0 Å². The predicted octanol–water partition coefficient (Wildman–Crippen LogP) is 2.18. The molecule has 1 heterocycles. The van der Waals surface area contributed by atoms with E-state index in [0.29, 0.717) is 18.2 Å². The van der Waals surface area contributed by atoms with E-state index in [1.807, 2.05) is 24.3 Å². The van der Waals surface area contributed by atoms with Crippen LogP contribution in [0.4, 0.5) is 5.69 Å². The van der Waals surface area contributed by atoms with Gasteiger partial charge >= 0.3 is 5.97 Å². The Hall–Kier alpha value is -1.55. The van der Waals surface area contributed by atoms with Crippen molar-refractivity contribution in [3.05, 3.63) is 29.8 Å². The summed E-state index contributed by atoms with van der Waals surface area (Å²) in [5, 5.41) is 0. The Morgan fingerprint density at radius 1 is 1.42 bits per heavy atom. The first-order valence-electron chi connectivity index (χ1n) is 6.92. The highest BCUT2D eigenvalue weighted by molar-refractivity contribution is 5.95. The zero-order valence-electron chi connectivity index (χ0n) is 11.5. The van der Waals surface area contributed by atoms with E-state index in [2.05, 4.69) is 4.90 Å². The second-order valence-corrected chi connectivity index (χ2v) is 4.93. The number of benzene rings is 1. The molecule has 1 aliphatic heterocycles. The summed E-state index contributed by atoms with van der Waals surface area (Å²) in [4.78, 5) is 14.2. The first kappa shape index (κ1) is 13.9. The Kier molecular flexibility index (Phi) is 4.80. The molecule has 4 nitrogen and oxygen atoms in total. The summed E-state index contributed by atoms with van der Waals surface area (Å²) in [6.07, 6.45) is 4.51. The fourth-order valence-corrected chi connectivity index (χ4v) is 2.82. The Balaban J connectivity index is 2.30. The van der Waals surface area contributed by atoms with Crippen molar-refractivity contribution in [1.82, 2.24) is 0 Å². The lowest BCUT2D eigenvalue weighted by Crippen LogP contribution is -2.41. The van der Waals surface area contributed by atoms with Crippen LogP contribution in [-0.2, 0) is 4.74 Å². The first-order chi connectivity index (χ1) is 9.27. The molecule has 2 rings (SSSR count). The lowest BCUT2D eigenvalue weighted by atomic mass is 9.97. The number of ether oxygens (including phenoxy) is 1. The third-order valence-electron chi connectivity index (χ3n) is 3.75. The van der Waals surface area contributed by atoms with E-state index in [0.717, 1.165) is 31.5 Å². The minimum absolute atomic E-state index is 0.271. The molecule has 1 aromatic carbocycles. The van der Waals surface area contributed by atoms with E-state index in [-0.39, 0.29) is 5.97 Å². The average molecular weight is 262 g/mol. The van der Waals surface area contributed by atoms with E-state index in [1.165, 1.54) is 13.5 Å². The highest BCUT2D eigenvalue weighted by atomic mass is 16.5. The van der Waals surface area contributed by atoms with Gasteiger partial charge in [-0.15, -0.1) is 0 Å². The number of rotatable bonds is 4. The lowest BCUT2D eigenvalue weighted by Gasteiger charge is -2.38. The average Bonchev–Trinajstić information content (AvgIpc) is 2.47. The summed E-state index contributed by atoms with van der Waals surface area (Å²) in [5.41, 5.74) is 7.33. The highest BCUT2D eigenvalue weighted by Gasteiger charge is 2.25. The number of carbonyl (C=O) groups excluding carboxylic acids is 1. The van der Waals surface area contributed by atoms with Gasteiger partial charge in [-0.1, -0.05) is 12.1 Å². The molecule has 0 bridgehead atoms. The van der Waals surface area contributed by atoms with Gasteiger partial charge in [-0.2, -0.15) is 0 Å². The minimum atomic E-state index is -0.271. The van der Waals surface area contributed by atoms with Gasteiger partial charge in [0, 0.05) is 12.6 Å². The van der Waals surface area contributed by atoms with Crippen molar-refractivity contribution in [2.45, 2.75) is 31.7 Å². The molecule has 1 atom stereocenters. The Bertz CT molecular complexity index is 432. The third-order valence-corrected chi connectivity index (χ3v) is 3.75. The monoisotopic (exact) mass is 262 g/mol. The quantitative estimate of drug-likeness (QED) is 0.845. The molecule has 1 fully saturated rings. The van der Waals surface area contributed by atoms with E-state index in [1.54, 1.807) is 0 Å². The normalized spacial score (nSPS) is 19.3. The standard InChI is InChI=1S/C15H22N2O2/c1-19-15(18)13-7-2-3-8-14(13)17-11-5-4-6-12(17)9-10-16/h2-3,7-8,12H,4-6,9-11,16H2,1H3. The van der Waals surface area contributed by atoms with Crippen LogP contribution in [0.5, 0.6) is 0 Å². The zero-order chi connectivity index (χ0) is 13.7. The van der Waals surface area contributed by atoms with Gasteiger partial charge in [-0.25, -0.2) is 4.79 Å². The van der Waals surface area contributed by atoms with Crippen molar-refractivity contribution in [1.29, 1.82) is 0 Å².